The Bertz CT molecular complexity index is 701. The van der Waals surface area contributed by atoms with Crippen molar-refractivity contribution in [3.05, 3.63) is 64.7 Å². The first kappa shape index (κ1) is 16.8. The molecular weight excluding hydrogens is 316 g/mol. The summed E-state index contributed by atoms with van der Waals surface area (Å²) in [6, 6.07) is 13.6. The van der Waals surface area contributed by atoms with Crippen LogP contribution in [0.2, 0.25) is 5.02 Å². The molecule has 2 rings (SSSR count). The Morgan fingerprint density at radius 1 is 1.17 bits per heavy atom. The maximum atomic E-state index is 12.1. The summed E-state index contributed by atoms with van der Waals surface area (Å²) >= 11 is 6.04. The predicted octanol–water partition coefficient (Wildman–Crippen LogP) is 2.52. The Morgan fingerprint density at radius 3 is 2.43 bits per heavy atom. The van der Waals surface area contributed by atoms with Gasteiger partial charge in [0.25, 0.3) is 5.91 Å². The van der Waals surface area contributed by atoms with Crippen molar-refractivity contribution in [2.75, 3.05) is 0 Å². The van der Waals surface area contributed by atoms with E-state index in [4.69, 9.17) is 22.1 Å². The fourth-order valence-electron chi connectivity index (χ4n) is 1.92. The van der Waals surface area contributed by atoms with Gasteiger partial charge < -0.3 is 15.8 Å². The zero-order chi connectivity index (χ0) is 16.8. The summed E-state index contributed by atoms with van der Waals surface area (Å²) in [5.74, 6) is -0.290. The molecule has 0 saturated heterocycles. The van der Waals surface area contributed by atoms with Crippen molar-refractivity contribution in [3.63, 3.8) is 0 Å². The molecule has 6 heteroatoms. The second kappa shape index (κ2) is 7.65. The van der Waals surface area contributed by atoms with Crippen LogP contribution in [0.3, 0.4) is 0 Å². The maximum Gasteiger partial charge on any atom is 0.261 e. The molecule has 5 nitrogen and oxygen atoms in total. The average molecular weight is 333 g/mol. The van der Waals surface area contributed by atoms with E-state index < -0.39 is 12.0 Å². The zero-order valence-electron chi connectivity index (χ0n) is 12.6. The summed E-state index contributed by atoms with van der Waals surface area (Å²) in [5, 5.41) is 3.37. The first-order valence-electron chi connectivity index (χ1n) is 7.05. The van der Waals surface area contributed by atoms with Gasteiger partial charge in [0.05, 0.1) is 0 Å². The SMILES string of the molecule is C[C@@H](Oc1ccc(C(N)=O)cc1)C(=O)NCc1ccccc1Cl. The van der Waals surface area contributed by atoms with Gasteiger partial charge in [-0.2, -0.15) is 0 Å². The highest BCUT2D eigenvalue weighted by atomic mass is 35.5. The standard InChI is InChI=1S/C17H17ClN2O3/c1-11(23-14-8-6-12(7-9-14)16(19)21)17(22)20-10-13-4-2-3-5-15(13)18/h2-9,11H,10H2,1H3,(H2,19,21)(H,20,22)/t11-/m1/s1. The minimum Gasteiger partial charge on any atom is -0.481 e. The van der Waals surface area contributed by atoms with Gasteiger partial charge in [0, 0.05) is 17.1 Å². The topological polar surface area (TPSA) is 81.4 Å². The highest BCUT2D eigenvalue weighted by Crippen LogP contribution is 2.15. The molecule has 1 atom stereocenters. The van der Waals surface area contributed by atoms with Crippen LogP contribution in [0, 0.1) is 0 Å². The van der Waals surface area contributed by atoms with Gasteiger partial charge in [-0.25, -0.2) is 0 Å². The number of rotatable bonds is 6. The number of nitrogens with one attached hydrogen (secondary N) is 1. The van der Waals surface area contributed by atoms with Crippen molar-refractivity contribution < 1.29 is 14.3 Å². The molecule has 0 aliphatic heterocycles. The zero-order valence-corrected chi connectivity index (χ0v) is 13.3. The lowest BCUT2D eigenvalue weighted by Gasteiger charge is -2.15. The summed E-state index contributed by atoms with van der Waals surface area (Å²) in [6.07, 6.45) is -0.683. The molecule has 0 saturated carbocycles. The Morgan fingerprint density at radius 2 is 1.83 bits per heavy atom. The molecule has 0 radical (unpaired) electrons. The number of benzene rings is 2. The first-order chi connectivity index (χ1) is 11.0. The van der Waals surface area contributed by atoms with Gasteiger partial charge in [-0.05, 0) is 42.8 Å². The van der Waals surface area contributed by atoms with E-state index in [9.17, 15) is 9.59 Å². The lowest BCUT2D eigenvalue weighted by molar-refractivity contribution is -0.127. The highest BCUT2D eigenvalue weighted by molar-refractivity contribution is 6.31. The van der Waals surface area contributed by atoms with Crippen LogP contribution < -0.4 is 15.8 Å². The fourth-order valence-corrected chi connectivity index (χ4v) is 2.13. The van der Waals surface area contributed by atoms with Crippen LogP contribution in [-0.2, 0) is 11.3 Å². The summed E-state index contributed by atoms with van der Waals surface area (Å²) in [6.45, 7) is 1.97. The number of carbonyl (C=O) groups is 2. The molecular formula is C17H17ClN2O3. The Hall–Kier alpha value is -2.53. The first-order valence-corrected chi connectivity index (χ1v) is 7.43. The third-order valence-corrected chi connectivity index (χ3v) is 3.60. The molecule has 2 amide bonds. The lowest BCUT2D eigenvalue weighted by Crippen LogP contribution is -2.35. The van der Waals surface area contributed by atoms with Crippen molar-refractivity contribution in [1.82, 2.24) is 5.32 Å². The van der Waals surface area contributed by atoms with Gasteiger partial charge >= 0.3 is 0 Å². The lowest BCUT2D eigenvalue weighted by atomic mass is 10.2. The van der Waals surface area contributed by atoms with Crippen LogP contribution in [0.15, 0.2) is 48.5 Å². The summed E-state index contributed by atoms with van der Waals surface area (Å²) in [5.41, 5.74) is 6.38. The van der Waals surface area contributed by atoms with Gasteiger partial charge in [0.15, 0.2) is 6.10 Å². The summed E-state index contributed by atoms with van der Waals surface area (Å²) < 4.78 is 5.53. The number of hydrogen-bond donors (Lipinski definition) is 2. The van der Waals surface area contributed by atoms with E-state index in [-0.39, 0.29) is 5.91 Å². The number of hydrogen-bond acceptors (Lipinski definition) is 3. The molecule has 0 heterocycles. The van der Waals surface area contributed by atoms with Crippen molar-refractivity contribution >= 4 is 23.4 Å². The number of amides is 2. The monoisotopic (exact) mass is 332 g/mol. The van der Waals surface area contributed by atoms with Crippen molar-refractivity contribution in [3.8, 4) is 5.75 Å². The van der Waals surface area contributed by atoms with Crippen LogP contribution in [0.4, 0.5) is 0 Å². The minimum absolute atomic E-state index is 0.260. The largest absolute Gasteiger partial charge is 0.481 e. The van der Waals surface area contributed by atoms with Gasteiger partial charge in [-0.15, -0.1) is 0 Å². The number of nitrogens with two attached hydrogens (primary N) is 1. The van der Waals surface area contributed by atoms with Gasteiger partial charge in [-0.3, -0.25) is 9.59 Å². The summed E-state index contributed by atoms with van der Waals surface area (Å²) in [7, 11) is 0. The molecule has 2 aromatic rings. The molecule has 2 aromatic carbocycles. The van der Waals surface area contributed by atoms with Crippen LogP contribution >= 0.6 is 11.6 Å². The van der Waals surface area contributed by atoms with E-state index in [2.05, 4.69) is 5.32 Å². The van der Waals surface area contributed by atoms with Crippen LogP contribution in [0.5, 0.6) is 5.75 Å². The molecule has 0 fully saturated rings. The molecule has 3 N–H and O–H groups in total. The average Bonchev–Trinajstić information content (AvgIpc) is 2.54. The number of primary amides is 1. The molecule has 0 unspecified atom stereocenters. The van der Waals surface area contributed by atoms with Crippen molar-refractivity contribution in [2.45, 2.75) is 19.6 Å². The van der Waals surface area contributed by atoms with Crippen LogP contribution in [0.25, 0.3) is 0 Å². The van der Waals surface area contributed by atoms with E-state index >= 15 is 0 Å². The smallest absolute Gasteiger partial charge is 0.261 e. The van der Waals surface area contributed by atoms with E-state index in [0.717, 1.165) is 5.56 Å². The number of halogens is 1. The van der Waals surface area contributed by atoms with E-state index in [1.165, 1.54) is 0 Å². The summed E-state index contributed by atoms with van der Waals surface area (Å²) in [4.78, 5) is 23.1. The second-order valence-electron chi connectivity index (χ2n) is 4.96. The number of ether oxygens (including phenoxy) is 1. The van der Waals surface area contributed by atoms with Crippen LogP contribution in [0.1, 0.15) is 22.8 Å². The molecule has 0 aliphatic rings. The third-order valence-electron chi connectivity index (χ3n) is 3.23. The van der Waals surface area contributed by atoms with Gasteiger partial charge in [0.2, 0.25) is 5.91 Å². The maximum absolute atomic E-state index is 12.1. The number of carbonyl (C=O) groups excluding carboxylic acids is 2. The normalized spacial score (nSPS) is 11.6. The van der Waals surface area contributed by atoms with E-state index in [0.29, 0.717) is 22.9 Å². The molecule has 0 aromatic heterocycles. The van der Waals surface area contributed by atoms with E-state index in [1.54, 1.807) is 37.3 Å². The predicted molar refractivity (Wildman–Crippen MR) is 88.3 cm³/mol. The molecule has 120 valence electrons. The van der Waals surface area contributed by atoms with Gasteiger partial charge in [0.1, 0.15) is 5.75 Å². The van der Waals surface area contributed by atoms with Crippen molar-refractivity contribution in [1.29, 1.82) is 0 Å². The fraction of sp³-hybridized carbons (Fsp3) is 0.176. The van der Waals surface area contributed by atoms with Crippen molar-refractivity contribution in [2.24, 2.45) is 5.73 Å². The molecule has 23 heavy (non-hydrogen) atoms. The molecule has 0 spiro atoms. The Kier molecular flexibility index (Phi) is 5.60. The Labute approximate surface area is 139 Å². The van der Waals surface area contributed by atoms with Gasteiger partial charge in [-0.1, -0.05) is 29.8 Å². The van der Waals surface area contributed by atoms with Crippen LogP contribution in [-0.4, -0.2) is 17.9 Å². The minimum atomic E-state index is -0.683. The molecule has 0 bridgehead atoms. The molecule has 0 aliphatic carbocycles. The second-order valence-corrected chi connectivity index (χ2v) is 5.37. The Balaban J connectivity index is 1.89. The highest BCUT2D eigenvalue weighted by Gasteiger charge is 2.15. The quantitative estimate of drug-likeness (QED) is 0.852. The van der Waals surface area contributed by atoms with E-state index in [1.807, 2.05) is 18.2 Å². The third kappa shape index (κ3) is 4.72.